The lowest BCUT2D eigenvalue weighted by atomic mass is 9.94. The van der Waals surface area contributed by atoms with Crippen LogP contribution < -0.4 is 5.32 Å². The number of hydrogen-bond acceptors (Lipinski definition) is 26. The van der Waals surface area contributed by atoms with Crippen molar-refractivity contribution in [2.45, 2.75) is 160 Å². The average molecular weight is 870 g/mol. The number of hydrogen-bond donors (Lipinski definition) is 17. The molecular weight excluding hydrogens is 814 g/mol. The van der Waals surface area contributed by atoms with Crippen LogP contribution in [0.4, 0.5) is 0 Å². The van der Waals surface area contributed by atoms with Gasteiger partial charge in [0.2, 0.25) is 5.91 Å². The molecule has 27 heteroatoms. The Labute approximate surface area is 333 Å². The number of ether oxygens (including phenoxy) is 9. The van der Waals surface area contributed by atoms with E-state index in [0.717, 1.165) is 6.92 Å². The lowest BCUT2D eigenvalue weighted by molar-refractivity contribution is -0.388. The highest BCUT2D eigenvalue weighted by atomic mass is 16.8. The molecule has 17 N–H and O–H groups in total. The van der Waals surface area contributed by atoms with Gasteiger partial charge >= 0.3 is 0 Å². The van der Waals surface area contributed by atoms with Crippen molar-refractivity contribution >= 4 is 5.91 Å². The monoisotopic (exact) mass is 869 g/mol. The number of aliphatic hydroxyl groups is 16. The molecule has 0 unspecified atom stereocenters. The van der Waals surface area contributed by atoms with Crippen molar-refractivity contribution in [1.82, 2.24) is 5.32 Å². The molecule has 5 saturated heterocycles. The van der Waals surface area contributed by atoms with Crippen LogP contribution in [0, 0.1) is 0 Å². The topological polar surface area (TPSA) is 436 Å². The third-order valence-electron chi connectivity index (χ3n) is 10.7. The van der Waals surface area contributed by atoms with E-state index in [1.807, 2.05) is 0 Å². The first-order valence-corrected chi connectivity index (χ1v) is 18.6. The average Bonchev–Trinajstić information content (AvgIpc) is 3.21. The lowest BCUT2D eigenvalue weighted by Gasteiger charge is -2.50. The molecule has 0 aliphatic carbocycles. The molecule has 344 valence electrons. The van der Waals surface area contributed by atoms with Crippen LogP contribution >= 0.6 is 0 Å². The molecule has 0 bridgehead atoms. The number of rotatable bonds is 14. The van der Waals surface area contributed by atoms with Gasteiger partial charge in [0.25, 0.3) is 0 Å². The zero-order chi connectivity index (χ0) is 43.6. The summed E-state index contributed by atoms with van der Waals surface area (Å²) >= 11 is 0. The normalized spacial score (nSPS) is 51.0. The Morgan fingerprint density at radius 1 is 0.407 bits per heavy atom. The molecule has 59 heavy (non-hydrogen) atoms. The minimum absolute atomic E-state index is 0.805. The first-order valence-electron chi connectivity index (χ1n) is 18.6. The zero-order valence-electron chi connectivity index (χ0n) is 31.2. The second-order valence-corrected chi connectivity index (χ2v) is 14.7. The minimum atomic E-state index is -2.15. The van der Waals surface area contributed by atoms with E-state index in [9.17, 15) is 86.5 Å². The maximum Gasteiger partial charge on any atom is 0.217 e. The molecule has 5 fully saturated rings. The molecule has 0 aromatic carbocycles. The van der Waals surface area contributed by atoms with Crippen LogP contribution in [-0.2, 0) is 47.4 Å². The van der Waals surface area contributed by atoms with Crippen LogP contribution in [0.15, 0.2) is 0 Å². The maximum atomic E-state index is 12.4. The van der Waals surface area contributed by atoms with Gasteiger partial charge in [-0.2, -0.15) is 0 Å². The van der Waals surface area contributed by atoms with E-state index < -0.39 is 192 Å². The largest absolute Gasteiger partial charge is 0.394 e. The SMILES string of the molecule is CC(=O)N[C@H]1[C@@H](O[C@H]2[C@@H](O)[C@H](O[C@H]3[C@@H](O)[C@@H](O)[C@@H](O[C@@H]4[C@@H](O)[C@@H](O)[C@@H](O)O[C@@H]4CO)O[C@@H]3CO)O[C@H](CO)[C@H]2O)O[C@H](CO)[C@@H](O)[C@H]1O[C@H]1O[C@H](CO)[C@@H](O)[C@@H](O)[C@H]1O. The first-order chi connectivity index (χ1) is 27.9. The summed E-state index contributed by atoms with van der Waals surface area (Å²) in [5, 5.41) is 169. The summed E-state index contributed by atoms with van der Waals surface area (Å²) in [7, 11) is 0. The first kappa shape index (κ1) is 48.5. The third-order valence-corrected chi connectivity index (χ3v) is 10.7. The smallest absolute Gasteiger partial charge is 0.217 e. The molecule has 5 heterocycles. The van der Waals surface area contributed by atoms with Gasteiger partial charge in [0.15, 0.2) is 31.5 Å². The summed E-state index contributed by atoms with van der Waals surface area (Å²) in [6, 6.07) is -1.67. The number of amides is 1. The van der Waals surface area contributed by atoms with Crippen molar-refractivity contribution in [2.75, 3.05) is 33.0 Å². The summed E-state index contributed by atoms with van der Waals surface area (Å²) < 4.78 is 50.1. The van der Waals surface area contributed by atoms with E-state index in [2.05, 4.69) is 5.32 Å². The van der Waals surface area contributed by atoms with E-state index in [1.165, 1.54) is 0 Å². The molecule has 0 spiro atoms. The third kappa shape index (κ3) is 10.2. The Kier molecular flexibility index (Phi) is 17.1. The fraction of sp³-hybridized carbons (Fsp3) is 0.969. The quantitative estimate of drug-likeness (QED) is 0.0770. The number of carbonyl (C=O) groups excluding carboxylic acids is 1. The highest BCUT2D eigenvalue weighted by molar-refractivity contribution is 5.73. The maximum absolute atomic E-state index is 12.4. The molecule has 0 radical (unpaired) electrons. The molecule has 5 aliphatic heterocycles. The summed E-state index contributed by atoms with van der Waals surface area (Å²) in [5.41, 5.74) is 0. The molecule has 27 nitrogen and oxygen atoms in total. The van der Waals surface area contributed by atoms with Crippen molar-refractivity contribution in [3.05, 3.63) is 0 Å². The van der Waals surface area contributed by atoms with E-state index in [-0.39, 0.29) is 0 Å². The highest BCUT2D eigenvalue weighted by Crippen LogP contribution is 2.35. The van der Waals surface area contributed by atoms with E-state index in [4.69, 9.17) is 42.6 Å². The Morgan fingerprint density at radius 3 is 1.29 bits per heavy atom. The molecule has 0 aromatic rings. The van der Waals surface area contributed by atoms with Crippen LogP contribution in [0.25, 0.3) is 0 Å². The fourth-order valence-corrected chi connectivity index (χ4v) is 7.43. The van der Waals surface area contributed by atoms with Gasteiger partial charge in [-0.15, -0.1) is 0 Å². The van der Waals surface area contributed by atoms with Gasteiger partial charge in [0.05, 0.1) is 33.0 Å². The van der Waals surface area contributed by atoms with Gasteiger partial charge in [-0.1, -0.05) is 0 Å². The van der Waals surface area contributed by atoms with Gasteiger partial charge in [0, 0.05) is 6.92 Å². The van der Waals surface area contributed by atoms with Crippen LogP contribution in [0.2, 0.25) is 0 Å². The highest BCUT2D eigenvalue weighted by Gasteiger charge is 2.57. The molecule has 25 atom stereocenters. The van der Waals surface area contributed by atoms with Gasteiger partial charge in [-0.25, -0.2) is 0 Å². The molecule has 5 aliphatic rings. The van der Waals surface area contributed by atoms with Crippen LogP contribution in [-0.4, -0.2) is 274 Å². The van der Waals surface area contributed by atoms with E-state index in [1.54, 1.807) is 0 Å². The van der Waals surface area contributed by atoms with Crippen LogP contribution in [0.3, 0.4) is 0 Å². The second kappa shape index (κ2) is 20.8. The molecule has 1 amide bonds. The standard InChI is InChI=1S/C32H55NO26/c1-7(39)33-13-26(58-30-21(47)17(43)14(40)8(2-34)53-30)15(41)9(3-35)52-29(13)59-27-16(42)10(4-36)54-32(23(27)49)57-25-12(6-38)55-31(22(48)19(25)45)56-24-11(5-37)51-28(50)20(46)18(24)44/h8-32,34-38,40-50H,2-6H2,1H3,(H,33,39)/t8-,9-,10-,11-,12-,13-,14-,15-,16-,17-,18+,19+,20-,21-,22-,23-,24+,25-,26+,27-,28+,29-,30-,31-,32+/m1/s1. The summed E-state index contributed by atoms with van der Waals surface area (Å²) in [6.45, 7) is -3.58. The van der Waals surface area contributed by atoms with Crippen LogP contribution in [0.1, 0.15) is 6.92 Å². The van der Waals surface area contributed by atoms with Gasteiger partial charge < -0.3 is 130 Å². The molecule has 0 saturated carbocycles. The van der Waals surface area contributed by atoms with Crippen molar-refractivity contribution < 1.29 is 129 Å². The van der Waals surface area contributed by atoms with Crippen molar-refractivity contribution in [1.29, 1.82) is 0 Å². The fourth-order valence-electron chi connectivity index (χ4n) is 7.43. The minimum Gasteiger partial charge on any atom is -0.394 e. The Bertz CT molecular complexity index is 1320. The van der Waals surface area contributed by atoms with E-state index in [0.29, 0.717) is 0 Å². The van der Waals surface area contributed by atoms with Gasteiger partial charge in [0.1, 0.15) is 122 Å². The van der Waals surface area contributed by atoms with Gasteiger partial charge in [-0.05, 0) is 0 Å². The zero-order valence-corrected chi connectivity index (χ0v) is 31.2. The number of nitrogens with one attached hydrogen (secondary N) is 1. The Hall–Kier alpha value is -1.53. The summed E-state index contributed by atoms with van der Waals surface area (Å²) in [6.07, 6.45) is -44.4. The second-order valence-electron chi connectivity index (χ2n) is 14.7. The molecule has 0 aromatic heterocycles. The molecular formula is C32H55NO26. The number of aliphatic hydroxyl groups excluding tert-OH is 16. The molecule has 5 rings (SSSR count). The lowest BCUT2D eigenvalue weighted by Crippen LogP contribution is -2.70. The predicted octanol–water partition coefficient (Wildman–Crippen LogP) is -11.8. The van der Waals surface area contributed by atoms with Crippen molar-refractivity contribution in [3.63, 3.8) is 0 Å². The van der Waals surface area contributed by atoms with Crippen LogP contribution in [0.5, 0.6) is 0 Å². The Morgan fingerprint density at radius 2 is 0.780 bits per heavy atom. The van der Waals surface area contributed by atoms with Crippen molar-refractivity contribution in [3.8, 4) is 0 Å². The number of carbonyl (C=O) groups is 1. The Balaban J connectivity index is 1.35. The van der Waals surface area contributed by atoms with Gasteiger partial charge in [-0.3, -0.25) is 4.79 Å². The van der Waals surface area contributed by atoms with Crippen molar-refractivity contribution in [2.24, 2.45) is 0 Å². The predicted molar refractivity (Wildman–Crippen MR) is 178 cm³/mol. The summed E-state index contributed by atoms with van der Waals surface area (Å²) in [5.74, 6) is -0.805. The van der Waals surface area contributed by atoms with E-state index >= 15 is 0 Å². The summed E-state index contributed by atoms with van der Waals surface area (Å²) in [4.78, 5) is 12.4.